The van der Waals surface area contributed by atoms with Crippen LogP contribution in [0.25, 0.3) is 0 Å². The molecule has 0 unspecified atom stereocenters. The fourth-order valence-electron chi connectivity index (χ4n) is 0. The monoisotopic (exact) mass is 332 g/mol. The standard InChI is InChI=1S/O4Si.2Sn/c1-5(2,3)4;;/q-4;2*+2. The zero-order valence-electron chi connectivity index (χ0n) is 3.13. The van der Waals surface area contributed by atoms with E-state index in [0.29, 0.717) is 0 Å². The Morgan fingerprint density at radius 1 is 0.714 bits per heavy atom. The Balaban J connectivity index is -0.0000000800. The first-order valence-electron chi connectivity index (χ1n) is 0.816. The maximum atomic E-state index is 8.58. The fourth-order valence-corrected chi connectivity index (χ4v) is 0. The minimum Gasteiger partial charge on any atom is -0.894 e. The summed E-state index contributed by atoms with van der Waals surface area (Å²) in [4.78, 5) is 34.3. The first-order valence-corrected chi connectivity index (χ1v) is 2.45. The van der Waals surface area contributed by atoms with E-state index in [-0.39, 0.29) is 47.8 Å². The Morgan fingerprint density at radius 2 is 0.714 bits per heavy atom. The predicted octanol–water partition coefficient (Wildman–Crippen LogP) is -5.90. The van der Waals surface area contributed by atoms with E-state index in [4.69, 9.17) is 19.2 Å². The van der Waals surface area contributed by atoms with Gasteiger partial charge >= 0.3 is 47.8 Å². The van der Waals surface area contributed by atoms with Crippen LogP contribution in [0.1, 0.15) is 0 Å². The van der Waals surface area contributed by atoms with Crippen molar-refractivity contribution in [3.8, 4) is 0 Å². The maximum absolute atomic E-state index is 8.58. The molecule has 0 spiro atoms. The van der Waals surface area contributed by atoms with Crippen LogP contribution >= 0.6 is 0 Å². The molecular weight excluding hydrogens is 330 g/mol. The third kappa shape index (κ3) is 89.4. The van der Waals surface area contributed by atoms with Gasteiger partial charge in [-0.1, -0.05) is 0 Å². The second kappa shape index (κ2) is 5.78. The van der Waals surface area contributed by atoms with Crippen molar-refractivity contribution in [1.29, 1.82) is 0 Å². The Morgan fingerprint density at radius 3 is 0.714 bits per heavy atom. The van der Waals surface area contributed by atoms with E-state index < -0.39 is 9.05 Å². The molecule has 0 saturated carbocycles. The first-order chi connectivity index (χ1) is 2.00. The van der Waals surface area contributed by atoms with Crippen molar-refractivity contribution in [2.45, 2.75) is 0 Å². The zero-order chi connectivity index (χ0) is 4.50. The van der Waals surface area contributed by atoms with Crippen molar-refractivity contribution in [3.63, 3.8) is 0 Å². The van der Waals surface area contributed by atoms with E-state index in [0.717, 1.165) is 0 Å². The molecule has 7 heavy (non-hydrogen) atoms. The first kappa shape index (κ1) is 15.9. The molecule has 0 saturated heterocycles. The number of hydrogen-bond acceptors (Lipinski definition) is 4. The Hall–Kier alpha value is 1.65. The van der Waals surface area contributed by atoms with Gasteiger partial charge in [-0.3, -0.25) is 0 Å². The molecule has 0 N–H and O–H groups in total. The molecule has 0 aromatic rings. The van der Waals surface area contributed by atoms with Gasteiger partial charge in [0, 0.05) is 0 Å². The minimum absolute atomic E-state index is 0. The van der Waals surface area contributed by atoms with Crippen molar-refractivity contribution in [2.24, 2.45) is 0 Å². The Labute approximate surface area is 75.6 Å². The van der Waals surface area contributed by atoms with Gasteiger partial charge in [0.1, 0.15) is 0 Å². The van der Waals surface area contributed by atoms with E-state index in [9.17, 15) is 0 Å². The molecular formula is O4SiSn2. The van der Waals surface area contributed by atoms with Gasteiger partial charge in [0.2, 0.25) is 0 Å². The minimum atomic E-state index is -5.61. The molecule has 36 valence electrons. The summed E-state index contributed by atoms with van der Waals surface area (Å²) in [6.45, 7) is 0. The van der Waals surface area contributed by atoms with Crippen molar-refractivity contribution in [3.05, 3.63) is 0 Å². The van der Waals surface area contributed by atoms with Gasteiger partial charge in [0.25, 0.3) is 0 Å². The van der Waals surface area contributed by atoms with Crippen LogP contribution in [0.3, 0.4) is 0 Å². The molecule has 4 nitrogen and oxygen atoms in total. The molecule has 0 aliphatic rings. The molecule has 0 aliphatic heterocycles. The van der Waals surface area contributed by atoms with Gasteiger partial charge < -0.3 is 28.2 Å². The summed E-state index contributed by atoms with van der Waals surface area (Å²) < 4.78 is 0. The van der Waals surface area contributed by atoms with Crippen LogP contribution in [0.2, 0.25) is 0 Å². The van der Waals surface area contributed by atoms with Crippen molar-refractivity contribution < 1.29 is 19.2 Å². The van der Waals surface area contributed by atoms with Crippen molar-refractivity contribution in [2.75, 3.05) is 0 Å². The van der Waals surface area contributed by atoms with Crippen LogP contribution < -0.4 is 19.2 Å². The van der Waals surface area contributed by atoms with E-state index in [1.165, 1.54) is 0 Å². The largest absolute Gasteiger partial charge is 2.00 e. The Kier molecular flexibility index (Phi) is 13.1. The van der Waals surface area contributed by atoms with Gasteiger partial charge in [0.15, 0.2) is 0 Å². The third-order valence-electron chi connectivity index (χ3n) is 0. The molecule has 0 aromatic carbocycles. The summed E-state index contributed by atoms with van der Waals surface area (Å²) in [6.07, 6.45) is 0. The van der Waals surface area contributed by atoms with Crippen LogP contribution in [-0.4, -0.2) is 56.9 Å². The quantitative estimate of drug-likeness (QED) is 0.414. The van der Waals surface area contributed by atoms with Gasteiger partial charge in [-0.25, -0.2) is 0 Å². The summed E-state index contributed by atoms with van der Waals surface area (Å²) >= 11 is 0. The molecule has 0 heterocycles. The molecule has 0 amide bonds. The van der Waals surface area contributed by atoms with Crippen molar-refractivity contribution in [1.82, 2.24) is 0 Å². The van der Waals surface area contributed by atoms with Gasteiger partial charge in [-0.05, 0) is 0 Å². The number of hydrogen-bond donors (Lipinski definition) is 0. The van der Waals surface area contributed by atoms with Gasteiger partial charge in [0.05, 0.1) is 0 Å². The maximum Gasteiger partial charge on any atom is 2.00 e. The van der Waals surface area contributed by atoms with E-state index in [1.54, 1.807) is 0 Å². The topological polar surface area (TPSA) is 92.2 Å². The molecule has 4 radical (unpaired) electrons. The molecule has 0 aliphatic carbocycles. The summed E-state index contributed by atoms with van der Waals surface area (Å²) in [6, 6.07) is 0. The van der Waals surface area contributed by atoms with Crippen LogP contribution in [0.15, 0.2) is 0 Å². The summed E-state index contributed by atoms with van der Waals surface area (Å²) in [7, 11) is -5.61. The van der Waals surface area contributed by atoms with Crippen molar-refractivity contribution >= 4 is 56.9 Å². The molecule has 0 atom stereocenters. The number of rotatable bonds is 0. The average Bonchev–Trinajstić information content (AvgIpc) is 0.722. The van der Waals surface area contributed by atoms with E-state index >= 15 is 0 Å². The smallest absolute Gasteiger partial charge is 0.894 e. The molecule has 7 heteroatoms. The fraction of sp³-hybridized carbons (Fsp3) is 0. The summed E-state index contributed by atoms with van der Waals surface area (Å²) in [5.74, 6) is 0. The predicted molar refractivity (Wildman–Crippen MR) is 17.3 cm³/mol. The molecule has 0 rings (SSSR count). The zero-order valence-corrected chi connectivity index (χ0v) is 9.84. The summed E-state index contributed by atoms with van der Waals surface area (Å²) in [5.41, 5.74) is 0. The molecule has 0 bridgehead atoms. The second-order valence-electron chi connectivity index (χ2n) is 0.500. The normalized spacial score (nSPS) is 8.57. The van der Waals surface area contributed by atoms with E-state index in [2.05, 4.69) is 0 Å². The van der Waals surface area contributed by atoms with Crippen LogP contribution in [-0.2, 0) is 0 Å². The SMILES string of the molecule is [O-][Si]([O-])([O-])[O-].[Sn+2].[Sn+2]. The van der Waals surface area contributed by atoms with Crippen LogP contribution in [0, 0.1) is 0 Å². The van der Waals surface area contributed by atoms with Gasteiger partial charge in [-0.2, -0.15) is 0 Å². The van der Waals surface area contributed by atoms with Crippen LogP contribution in [0.4, 0.5) is 0 Å². The molecule has 0 fully saturated rings. The third-order valence-corrected chi connectivity index (χ3v) is 0. The van der Waals surface area contributed by atoms with Crippen LogP contribution in [0.5, 0.6) is 0 Å². The second-order valence-corrected chi connectivity index (χ2v) is 1.50. The van der Waals surface area contributed by atoms with Gasteiger partial charge in [-0.15, -0.1) is 0 Å². The summed E-state index contributed by atoms with van der Waals surface area (Å²) in [5, 5.41) is 0. The molecule has 0 aromatic heterocycles. The Bertz CT molecular complexity index is 25.2. The average molecular weight is 330 g/mol. The van der Waals surface area contributed by atoms with E-state index in [1.807, 2.05) is 0 Å².